The van der Waals surface area contributed by atoms with E-state index in [0.29, 0.717) is 30.6 Å². The van der Waals surface area contributed by atoms with Gasteiger partial charge < -0.3 is 18.0 Å². The van der Waals surface area contributed by atoms with Crippen LogP contribution in [0.4, 0.5) is 0 Å². The van der Waals surface area contributed by atoms with Gasteiger partial charge in [-0.15, -0.1) is 0 Å². The molecular formula is C22H32O6SSi. The van der Waals surface area contributed by atoms with Crippen LogP contribution in [0, 0.1) is 0 Å². The van der Waals surface area contributed by atoms with E-state index >= 15 is 0 Å². The summed E-state index contributed by atoms with van der Waals surface area (Å²) in [5.74, 6) is 0.793. The lowest BCUT2D eigenvalue weighted by Crippen LogP contribution is -2.46. The fourth-order valence-electron chi connectivity index (χ4n) is 3.19. The molecule has 0 saturated carbocycles. The summed E-state index contributed by atoms with van der Waals surface area (Å²) in [4.78, 5) is 0.331. The van der Waals surface area contributed by atoms with E-state index in [4.69, 9.17) is 18.0 Å². The highest BCUT2D eigenvalue weighted by Gasteiger charge is 2.42. The van der Waals surface area contributed by atoms with Crippen molar-refractivity contribution in [3.63, 3.8) is 0 Å². The smallest absolute Gasteiger partial charge is 0.497 e. The van der Waals surface area contributed by atoms with Crippen LogP contribution >= 0.6 is 0 Å². The van der Waals surface area contributed by atoms with Gasteiger partial charge in [-0.2, -0.15) is 0 Å². The SMILES string of the molecule is CCO[Si](CCCS(=O)(=O)c1ccccc1)(OCC)OC(C)c1ccc(OC)cc1. The van der Waals surface area contributed by atoms with Crippen molar-refractivity contribution in [2.75, 3.05) is 26.1 Å². The molecule has 0 N–H and O–H groups in total. The maximum atomic E-state index is 12.6. The summed E-state index contributed by atoms with van der Waals surface area (Å²) in [5.41, 5.74) is 0.976. The maximum Gasteiger partial charge on any atom is 0.501 e. The molecule has 0 heterocycles. The molecule has 30 heavy (non-hydrogen) atoms. The van der Waals surface area contributed by atoms with Crippen LogP contribution in [0.15, 0.2) is 59.5 Å². The summed E-state index contributed by atoms with van der Waals surface area (Å²) >= 11 is 0. The van der Waals surface area contributed by atoms with E-state index in [1.807, 2.05) is 45.0 Å². The third-order valence-corrected chi connectivity index (χ3v) is 9.62. The second-order valence-corrected chi connectivity index (χ2v) is 11.6. The molecule has 6 nitrogen and oxygen atoms in total. The van der Waals surface area contributed by atoms with Gasteiger partial charge in [-0.25, -0.2) is 8.42 Å². The van der Waals surface area contributed by atoms with E-state index in [9.17, 15) is 8.42 Å². The Morgan fingerprint density at radius 2 is 1.53 bits per heavy atom. The number of hydrogen-bond acceptors (Lipinski definition) is 6. The zero-order valence-electron chi connectivity index (χ0n) is 18.2. The largest absolute Gasteiger partial charge is 0.501 e. The average Bonchev–Trinajstić information content (AvgIpc) is 2.74. The third-order valence-electron chi connectivity index (χ3n) is 4.67. The number of ether oxygens (including phenoxy) is 1. The van der Waals surface area contributed by atoms with Gasteiger partial charge >= 0.3 is 8.80 Å². The van der Waals surface area contributed by atoms with Crippen LogP contribution in [-0.4, -0.2) is 43.3 Å². The van der Waals surface area contributed by atoms with Gasteiger partial charge in [-0.3, -0.25) is 0 Å². The minimum absolute atomic E-state index is 0.0200. The molecule has 0 aliphatic heterocycles. The van der Waals surface area contributed by atoms with Crippen LogP contribution in [0.1, 0.15) is 38.9 Å². The highest BCUT2D eigenvalue weighted by atomic mass is 32.2. The van der Waals surface area contributed by atoms with Crippen LogP contribution in [0.2, 0.25) is 6.04 Å². The zero-order valence-corrected chi connectivity index (χ0v) is 20.0. The van der Waals surface area contributed by atoms with Gasteiger partial charge in [0.2, 0.25) is 0 Å². The van der Waals surface area contributed by atoms with Gasteiger partial charge in [-0.05, 0) is 57.0 Å². The Balaban J connectivity index is 2.10. The second kappa shape index (κ2) is 11.6. The first-order valence-electron chi connectivity index (χ1n) is 10.2. The Labute approximate surface area is 181 Å². The Morgan fingerprint density at radius 3 is 2.07 bits per heavy atom. The Hall–Kier alpha value is -1.71. The summed E-state index contributed by atoms with van der Waals surface area (Å²) < 4.78 is 48.8. The summed E-state index contributed by atoms with van der Waals surface area (Å²) in [6.07, 6.45) is 0.144. The van der Waals surface area contributed by atoms with Gasteiger partial charge in [-0.1, -0.05) is 30.3 Å². The van der Waals surface area contributed by atoms with Crippen LogP contribution in [0.5, 0.6) is 5.75 Å². The summed E-state index contributed by atoms with van der Waals surface area (Å²) in [5, 5.41) is 0. The predicted molar refractivity (Wildman–Crippen MR) is 119 cm³/mol. The standard InChI is InChI=1S/C22H32O6SSi/c1-5-26-30(27-6-2,28-19(3)20-13-15-21(25-4)16-14-20)18-10-17-29(23,24)22-11-8-7-9-12-22/h7-9,11-16,19H,5-6,10,17-18H2,1-4H3. The number of hydrogen-bond donors (Lipinski definition) is 0. The van der Waals surface area contributed by atoms with E-state index in [-0.39, 0.29) is 11.9 Å². The highest BCUT2D eigenvalue weighted by molar-refractivity contribution is 7.91. The van der Waals surface area contributed by atoms with E-state index < -0.39 is 18.6 Å². The number of sulfone groups is 1. The average molecular weight is 453 g/mol. The van der Waals surface area contributed by atoms with Crippen LogP contribution < -0.4 is 4.74 Å². The van der Waals surface area contributed by atoms with Crippen molar-refractivity contribution >= 4 is 18.6 Å². The Bertz CT molecular complexity index is 849. The molecule has 0 aliphatic carbocycles. The molecule has 0 amide bonds. The van der Waals surface area contributed by atoms with Crippen molar-refractivity contribution in [3.8, 4) is 5.75 Å². The van der Waals surface area contributed by atoms with Crippen LogP contribution in [-0.2, 0) is 23.1 Å². The van der Waals surface area contributed by atoms with E-state index in [2.05, 4.69) is 0 Å². The molecule has 0 saturated heterocycles. The first-order valence-corrected chi connectivity index (χ1v) is 13.8. The molecule has 2 rings (SSSR count). The van der Waals surface area contributed by atoms with Crippen LogP contribution in [0.3, 0.4) is 0 Å². The normalized spacial score (nSPS) is 13.2. The molecule has 0 spiro atoms. The highest BCUT2D eigenvalue weighted by Crippen LogP contribution is 2.29. The lowest BCUT2D eigenvalue weighted by Gasteiger charge is -2.32. The van der Waals surface area contributed by atoms with Gasteiger partial charge in [0, 0.05) is 19.3 Å². The van der Waals surface area contributed by atoms with Crippen molar-refractivity contribution in [1.82, 2.24) is 0 Å². The minimum Gasteiger partial charge on any atom is -0.497 e. The van der Waals surface area contributed by atoms with Gasteiger partial charge in [0.25, 0.3) is 0 Å². The molecule has 0 aromatic heterocycles. The van der Waals surface area contributed by atoms with Crippen molar-refractivity contribution < 1.29 is 26.4 Å². The molecule has 166 valence electrons. The summed E-state index contributed by atoms with van der Waals surface area (Å²) in [6.45, 7) is 6.61. The molecule has 0 radical (unpaired) electrons. The lowest BCUT2D eigenvalue weighted by molar-refractivity contribution is 0.0377. The monoisotopic (exact) mass is 452 g/mol. The van der Waals surface area contributed by atoms with Gasteiger partial charge in [0.05, 0.1) is 23.9 Å². The first-order chi connectivity index (χ1) is 14.4. The topological polar surface area (TPSA) is 71.1 Å². The molecule has 0 bridgehead atoms. The lowest BCUT2D eigenvalue weighted by atomic mass is 10.1. The molecule has 0 fully saturated rings. The minimum atomic E-state index is -3.36. The maximum absolute atomic E-state index is 12.6. The third kappa shape index (κ3) is 6.92. The molecule has 2 aromatic carbocycles. The van der Waals surface area contributed by atoms with Gasteiger partial charge in [0.1, 0.15) is 5.75 Å². The van der Waals surface area contributed by atoms with Crippen molar-refractivity contribution in [3.05, 3.63) is 60.2 Å². The predicted octanol–water partition coefficient (Wildman–Crippen LogP) is 4.65. The summed E-state index contributed by atoms with van der Waals surface area (Å²) in [7, 11) is -4.79. The Kier molecular flexibility index (Phi) is 9.51. The molecule has 0 aliphatic rings. The fraction of sp³-hybridized carbons (Fsp3) is 0.455. The van der Waals surface area contributed by atoms with Crippen LogP contribution in [0.25, 0.3) is 0 Å². The van der Waals surface area contributed by atoms with E-state index in [0.717, 1.165) is 11.3 Å². The first kappa shape index (κ1) is 24.6. The molecule has 2 aromatic rings. The summed E-state index contributed by atoms with van der Waals surface area (Å²) in [6, 6.07) is 16.6. The van der Waals surface area contributed by atoms with Gasteiger partial charge in [0.15, 0.2) is 9.84 Å². The second-order valence-electron chi connectivity index (χ2n) is 6.82. The van der Waals surface area contributed by atoms with E-state index in [1.165, 1.54) is 0 Å². The molecule has 8 heteroatoms. The Morgan fingerprint density at radius 1 is 0.933 bits per heavy atom. The molecular weight excluding hydrogens is 420 g/mol. The fourth-order valence-corrected chi connectivity index (χ4v) is 7.57. The quantitative estimate of drug-likeness (QED) is 0.412. The number of rotatable bonds is 13. The van der Waals surface area contributed by atoms with Crippen molar-refractivity contribution in [1.29, 1.82) is 0 Å². The molecule has 1 atom stereocenters. The van der Waals surface area contributed by atoms with Crippen molar-refractivity contribution in [2.24, 2.45) is 0 Å². The van der Waals surface area contributed by atoms with E-state index in [1.54, 1.807) is 37.4 Å². The molecule has 1 unspecified atom stereocenters. The van der Waals surface area contributed by atoms with Crippen molar-refractivity contribution in [2.45, 2.75) is 44.2 Å². The number of methoxy groups -OCH3 is 1. The zero-order chi connectivity index (χ0) is 22.0. The number of benzene rings is 2.